The van der Waals surface area contributed by atoms with Crippen molar-refractivity contribution in [3.05, 3.63) is 34.6 Å². The predicted molar refractivity (Wildman–Crippen MR) is 71.1 cm³/mol. The van der Waals surface area contributed by atoms with Gasteiger partial charge in [-0.05, 0) is 24.5 Å². The Morgan fingerprint density at radius 2 is 2.28 bits per heavy atom. The molecule has 1 amide bonds. The van der Waals surface area contributed by atoms with E-state index in [4.69, 9.17) is 11.6 Å². The van der Waals surface area contributed by atoms with E-state index in [9.17, 15) is 9.18 Å². The molecular formula is C10H7ClFN3OS2. The highest BCUT2D eigenvalue weighted by molar-refractivity contribution is 8.00. The van der Waals surface area contributed by atoms with Gasteiger partial charge in [-0.25, -0.2) is 4.39 Å². The molecule has 1 aromatic carbocycles. The number of halogens is 2. The third kappa shape index (κ3) is 2.98. The van der Waals surface area contributed by atoms with E-state index in [1.807, 2.05) is 6.26 Å². The quantitative estimate of drug-likeness (QED) is 0.698. The second kappa shape index (κ2) is 5.64. The average molecular weight is 304 g/mol. The molecule has 1 N–H and O–H groups in total. The number of hydrogen-bond acceptors (Lipinski definition) is 5. The van der Waals surface area contributed by atoms with Crippen molar-refractivity contribution in [2.75, 3.05) is 11.6 Å². The van der Waals surface area contributed by atoms with Gasteiger partial charge in [0.05, 0.1) is 5.56 Å². The maximum atomic E-state index is 13.5. The number of hydrogen-bond donors (Lipinski definition) is 1. The summed E-state index contributed by atoms with van der Waals surface area (Å²) in [5.41, 5.74) is -0.0831. The van der Waals surface area contributed by atoms with Crippen LogP contribution in [0.1, 0.15) is 10.4 Å². The number of thioether (sulfide) groups is 1. The first-order valence-electron chi connectivity index (χ1n) is 4.74. The molecule has 8 heteroatoms. The van der Waals surface area contributed by atoms with E-state index in [0.29, 0.717) is 5.13 Å². The van der Waals surface area contributed by atoms with Gasteiger partial charge in [0.2, 0.25) is 5.13 Å². The fraction of sp³-hybridized carbons (Fsp3) is 0.100. The number of aromatic nitrogens is 2. The van der Waals surface area contributed by atoms with Gasteiger partial charge in [0, 0.05) is 5.02 Å². The van der Waals surface area contributed by atoms with Crippen LogP contribution >= 0.6 is 34.7 Å². The molecule has 94 valence electrons. The summed E-state index contributed by atoms with van der Waals surface area (Å²) >= 11 is 8.25. The van der Waals surface area contributed by atoms with Crippen molar-refractivity contribution in [2.45, 2.75) is 4.34 Å². The van der Waals surface area contributed by atoms with Gasteiger partial charge in [-0.1, -0.05) is 34.7 Å². The number of benzene rings is 1. The number of nitrogens with one attached hydrogen (secondary N) is 1. The van der Waals surface area contributed by atoms with Crippen LogP contribution in [0.5, 0.6) is 0 Å². The Hall–Kier alpha value is -1.18. The lowest BCUT2D eigenvalue weighted by Gasteiger charge is -2.02. The zero-order chi connectivity index (χ0) is 13.1. The maximum Gasteiger partial charge on any atom is 0.260 e. The zero-order valence-electron chi connectivity index (χ0n) is 9.11. The van der Waals surface area contributed by atoms with Gasteiger partial charge in [0.1, 0.15) is 5.82 Å². The third-order valence-corrected chi connectivity index (χ3v) is 4.03. The second-order valence-electron chi connectivity index (χ2n) is 3.16. The van der Waals surface area contributed by atoms with Crippen molar-refractivity contribution in [2.24, 2.45) is 0 Å². The Kier molecular flexibility index (Phi) is 4.15. The van der Waals surface area contributed by atoms with Crippen molar-refractivity contribution in [1.29, 1.82) is 0 Å². The van der Waals surface area contributed by atoms with Crippen molar-refractivity contribution in [3.63, 3.8) is 0 Å². The molecule has 18 heavy (non-hydrogen) atoms. The number of carbonyl (C=O) groups excluding carboxylic acids is 1. The Balaban J connectivity index is 2.16. The summed E-state index contributed by atoms with van der Waals surface area (Å²) in [6, 6.07) is 3.86. The molecule has 0 atom stereocenters. The molecule has 4 nitrogen and oxygen atoms in total. The minimum atomic E-state index is -0.672. The van der Waals surface area contributed by atoms with Crippen LogP contribution in [0.2, 0.25) is 5.02 Å². The SMILES string of the molecule is CSc1nnc(NC(=O)c2ccc(Cl)cc2F)s1. The lowest BCUT2D eigenvalue weighted by molar-refractivity contribution is 0.102. The molecule has 2 aromatic rings. The first kappa shape index (κ1) is 13.3. The molecule has 0 unspecified atom stereocenters. The van der Waals surface area contributed by atoms with Crippen LogP contribution < -0.4 is 5.32 Å². The highest BCUT2D eigenvalue weighted by atomic mass is 35.5. The van der Waals surface area contributed by atoms with Crippen LogP contribution in [0.4, 0.5) is 9.52 Å². The normalized spacial score (nSPS) is 10.4. The smallest absolute Gasteiger partial charge is 0.260 e. The van der Waals surface area contributed by atoms with E-state index in [-0.39, 0.29) is 10.6 Å². The van der Waals surface area contributed by atoms with E-state index in [1.54, 1.807) is 0 Å². The number of carbonyl (C=O) groups is 1. The molecule has 0 spiro atoms. The van der Waals surface area contributed by atoms with E-state index in [1.165, 1.54) is 35.2 Å². The van der Waals surface area contributed by atoms with Crippen LogP contribution in [-0.2, 0) is 0 Å². The molecule has 0 aliphatic heterocycles. The first-order valence-corrected chi connectivity index (χ1v) is 7.16. The van der Waals surface area contributed by atoms with Crippen molar-refractivity contribution < 1.29 is 9.18 Å². The number of anilines is 1. The average Bonchev–Trinajstić information content (AvgIpc) is 2.76. The maximum absolute atomic E-state index is 13.5. The zero-order valence-corrected chi connectivity index (χ0v) is 11.5. The fourth-order valence-electron chi connectivity index (χ4n) is 1.18. The lowest BCUT2D eigenvalue weighted by atomic mass is 10.2. The van der Waals surface area contributed by atoms with E-state index < -0.39 is 11.7 Å². The summed E-state index contributed by atoms with van der Waals surface area (Å²) in [4.78, 5) is 11.8. The third-order valence-electron chi connectivity index (χ3n) is 1.98. The van der Waals surface area contributed by atoms with Crippen LogP contribution in [0, 0.1) is 5.82 Å². The summed E-state index contributed by atoms with van der Waals surface area (Å²) < 4.78 is 14.2. The van der Waals surface area contributed by atoms with Gasteiger partial charge in [0.25, 0.3) is 5.91 Å². The Bertz CT molecular complexity index is 590. The molecule has 1 heterocycles. The Morgan fingerprint density at radius 3 is 2.89 bits per heavy atom. The van der Waals surface area contributed by atoms with Gasteiger partial charge >= 0.3 is 0 Å². The molecule has 0 saturated carbocycles. The molecule has 0 bridgehead atoms. The highest BCUT2D eigenvalue weighted by Gasteiger charge is 2.14. The molecule has 0 aliphatic carbocycles. The summed E-state index contributed by atoms with van der Waals surface area (Å²) in [5, 5.41) is 10.6. The summed E-state index contributed by atoms with van der Waals surface area (Å²) in [5.74, 6) is -1.25. The Labute approximate surface area is 116 Å². The monoisotopic (exact) mass is 303 g/mol. The number of rotatable bonds is 3. The predicted octanol–water partition coefficient (Wildman–Crippen LogP) is 3.30. The van der Waals surface area contributed by atoms with Crippen LogP contribution in [0.15, 0.2) is 22.5 Å². The minimum Gasteiger partial charge on any atom is -0.296 e. The largest absolute Gasteiger partial charge is 0.296 e. The molecule has 0 radical (unpaired) electrons. The highest BCUT2D eigenvalue weighted by Crippen LogP contribution is 2.24. The number of nitrogens with zero attached hydrogens (tertiary/aromatic N) is 2. The summed E-state index contributed by atoms with van der Waals surface area (Å²) in [7, 11) is 0. The van der Waals surface area contributed by atoms with Gasteiger partial charge < -0.3 is 0 Å². The second-order valence-corrected chi connectivity index (χ2v) is 5.62. The van der Waals surface area contributed by atoms with E-state index >= 15 is 0 Å². The van der Waals surface area contributed by atoms with E-state index in [2.05, 4.69) is 15.5 Å². The molecule has 2 rings (SSSR count). The van der Waals surface area contributed by atoms with Crippen LogP contribution in [0.3, 0.4) is 0 Å². The summed E-state index contributed by atoms with van der Waals surface area (Å²) in [6.45, 7) is 0. The van der Waals surface area contributed by atoms with E-state index in [0.717, 1.165) is 10.4 Å². The van der Waals surface area contributed by atoms with Crippen molar-refractivity contribution in [3.8, 4) is 0 Å². The first-order chi connectivity index (χ1) is 8.60. The standard InChI is InChI=1S/C10H7ClFN3OS2/c1-17-10-15-14-9(18-10)13-8(16)6-3-2-5(11)4-7(6)12/h2-4H,1H3,(H,13,14,16). The van der Waals surface area contributed by atoms with Gasteiger partial charge in [0.15, 0.2) is 4.34 Å². The molecule has 0 fully saturated rings. The minimum absolute atomic E-state index is 0.0831. The van der Waals surface area contributed by atoms with Crippen LogP contribution in [-0.4, -0.2) is 22.4 Å². The van der Waals surface area contributed by atoms with Gasteiger partial charge in [-0.15, -0.1) is 10.2 Å². The van der Waals surface area contributed by atoms with Gasteiger partial charge in [-0.3, -0.25) is 10.1 Å². The fourth-order valence-corrected chi connectivity index (χ4v) is 2.50. The van der Waals surface area contributed by atoms with Crippen molar-refractivity contribution >= 4 is 45.7 Å². The lowest BCUT2D eigenvalue weighted by Crippen LogP contribution is -2.13. The molecule has 0 aliphatic rings. The van der Waals surface area contributed by atoms with Gasteiger partial charge in [-0.2, -0.15) is 0 Å². The van der Waals surface area contributed by atoms with Crippen molar-refractivity contribution in [1.82, 2.24) is 10.2 Å². The topological polar surface area (TPSA) is 54.9 Å². The molecular weight excluding hydrogens is 297 g/mol. The molecule has 1 aromatic heterocycles. The Morgan fingerprint density at radius 1 is 1.50 bits per heavy atom. The molecule has 0 saturated heterocycles. The summed E-state index contributed by atoms with van der Waals surface area (Å²) in [6.07, 6.45) is 1.85. The van der Waals surface area contributed by atoms with Crippen LogP contribution in [0.25, 0.3) is 0 Å². The number of amides is 1.